The highest BCUT2D eigenvalue weighted by atomic mass is 16.2. The van der Waals surface area contributed by atoms with Gasteiger partial charge in [-0.3, -0.25) is 9.59 Å². The molecule has 1 N–H and O–H groups in total. The van der Waals surface area contributed by atoms with Crippen molar-refractivity contribution in [2.24, 2.45) is 5.10 Å². The number of amides is 1. The van der Waals surface area contributed by atoms with Gasteiger partial charge >= 0.3 is 0 Å². The second kappa shape index (κ2) is 8.06. The number of hydrogen-bond acceptors (Lipinski definition) is 4. The SMILES string of the molecule is CCCn1nc(C(=O)N/N=C/c2ccc3ccccc3c2)c2ccccc2c1=O. The maximum absolute atomic E-state index is 12.7. The molecule has 4 rings (SSSR count). The highest BCUT2D eigenvalue weighted by molar-refractivity contribution is 6.05. The van der Waals surface area contributed by atoms with Crippen LogP contribution in [0.25, 0.3) is 21.5 Å². The number of carbonyl (C=O) groups is 1. The van der Waals surface area contributed by atoms with Gasteiger partial charge in [0.1, 0.15) is 0 Å². The molecule has 6 nitrogen and oxygen atoms in total. The molecule has 29 heavy (non-hydrogen) atoms. The van der Waals surface area contributed by atoms with Crippen LogP contribution in [0.4, 0.5) is 0 Å². The molecular formula is C23H20N4O2. The first-order chi connectivity index (χ1) is 14.2. The van der Waals surface area contributed by atoms with Crippen molar-refractivity contribution in [1.29, 1.82) is 0 Å². The minimum absolute atomic E-state index is 0.185. The van der Waals surface area contributed by atoms with E-state index < -0.39 is 5.91 Å². The van der Waals surface area contributed by atoms with Crippen molar-refractivity contribution in [1.82, 2.24) is 15.2 Å². The van der Waals surface area contributed by atoms with Crippen LogP contribution in [0.3, 0.4) is 0 Å². The summed E-state index contributed by atoms with van der Waals surface area (Å²) in [7, 11) is 0. The van der Waals surface area contributed by atoms with Gasteiger partial charge in [0.2, 0.25) is 0 Å². The van der Waals surface area contributed by atoms with Crippen molar-refractivity contribution < 1.29 is 4.79 Å². The summed E-state index contributed by atoms with van der Waals surface area (Å²) in [5, 5.41) is 11.6. The summed E-state index contributed by atoms with van der Waals surface area (Å²) >= 11 is 0. The standard InChI is InChI=1S/C23H20N4O2/c1-2-13-27-23(29)20-10-6-5-9-19(20)21(26-27)22(28)25-24-15-16-11-12-17-7-3-4-8-18(17)14-16/h3-12,14-15H,2,13H2,1H3,(H,25,28)/b24-15+. The molecule has 0 saturated heterocycles. The summed E-state index contributed by atoms with van der Waals surface area (Å²) < 4.78 is 1.34. The zero-order chi connectivity index (χ0) is 20.2. The largest absolute Gasteiger partial charge is 0.292 e. The van der Waals surface area contributed by atoms with Gasteiger partial charge in [0.05, 0.1) is 11.6 Å². The van der Waals surface area contributed by atoms with Crippen LogP contribution in [0.15, 0.2) is 76.6 Å². The van der Waals surface area contributed by atoms with Crippen molar-refractivity contribution in [3.05, 3.63) is 88.3 Å². The molecule has 1 amide bonds. The number of hydrogen-bond donors (Lipinski definition) is 1. The molecule has 0 atom stereocenters. The Morgan fingerprint density at radius 2 is 1.76 bits per heavy atom. The first kappa shape index (κ1) is 18.6. The molecule has 0 saturated carbocycles. The number of nitrogens with zero attached hydrogens (tertiary/aromatic N) is 3. The second-order valence-electron chi connectivity index (χ2n) is 6.73. The second-order valence-corrected chi connectivity index (χ2v) is 6.73. The summed E-state index contributed by atoms with van der Waals surface area (Å²) in [4.78, 5) is 25.3. The summed E-state index contributed by atoms with van der Waals surface area (Å²) in [6, 6.07) is 21.0. The van der Waals surface area contributed by atoms with Crippen LogP contribution >= 0.6 is 0 Å². The van der Waals surface area contributed by atoms with Crippen LogP contribution in [0.2, 0.25) is 0 Å². The van der Waals surface area contributed by atoms with E-state index in [1.807, 2.05) is 49.4 Å². The average molecular weight is 384 g/mol. The van der Waals surface area contributed by atoms with Gasteiger partial charge in [-0.15, -0.1) is 0 Å². The van der Waals surface area contributed by atoms with Crippen molar-refractivity contribution in [2.75, 3.05) is 0 Å². The van der Waals surface area contributed by atoms with Gasteiger partial charge in [0.15, 0.2) is 5.69 Å². The molecule has 0 aliphatic carbocycles. The van der Waals surface area contributed by atoms with Crippen LogP contribution in [0.1, 0.15) is 29.4 Å². The third kappa shape index (κ3) is 3.78. The van der Waals surface area contributed by atoms with Crippen molar-refractivity contribution in [3.63, 3.8) is 0 Å². The zero-order valence-corrected chi connectivity index (χ0v) is 16.0. The van der Waals surface area contributed by atoms with Gasteiger partial charge < -0.3 is 0 Å². The number of fused-ring (bicyclic) bond motifs is 2. The number of rotatable bonds is 5. The Morgan fingerprint density at radius 1 is 1.03 bits per heavy atom. The van der Waals surface area contributed by atoms with Crippen LogP contribution in [0, 0.1) is 0 Å². The van der Waals surface area contributed by atoms with Crippen molar-refractivity contribution in [3.8, 4) is 0 Å². The van der Waals surface area contributed by atoms with Crippen molar-refractivity contribution >= 4 is 33.7 Å². The molecular weight excluding hydrogens is 364 g/mol. The van der Waals surface area contributed by atoms with Crippen LogP contribution in [0.5, 0.6) is 0 Å². The number of hydrazone groups is 1. The first-order valence-corrected chi connectivity index (χ1v) is 9.49. The molecule has 0 fully saturated rings. The summed E-state index contributed by atoms with van der Waals surface area (Å²) in [5.74, 6) is -0.455. The van der Waals surface area contributed by atoms with Gasteiger partial charge in [0.25, 0.3) is 11.5 Å². The van der Waals surface area contributed by atoms with Crippen LogP contribution < -0.4 is 11.0 Å². The average Bonchev–Trinajstić information content (AvgIpc) is 2.75. The summed E-state index contributed by atoms with van der Waals surface area (Å²) in [5.41, 5.74) is 3.39. The van der Waals surface area contributed by atoms with E-state index in [1.165, 1.54) is 4.68 Å². The number of nitrogens with one attached hydrogen (secondary N) is 1. The predicted octanol–water partition coefficient (Wildman–Crippen LogP) is 3.72. The highest BCUT2D eigenvalue weighted by Gasteiger charge is 2.15. The van der Waals surface area contributed by atoms with Gasteiger partial charge in [-0.2, -0.15) is 10.2 Å². The molecule has 3 aromatic carbocycles. The molecule has 1 heterocycles. The Balaban J connectivity index is 1.62. The first-order valence-electron chi connectivity index (χ1n) is 9.49. The Morgan fingerprint density at radius 3 is 2.55 bits per heavy atom. The molecule has 144 valence electrons. The highest BCUT2D eigenvalue weighted by Crippen LogP contribution is 2.15. The molecule has 0 bridgehead atoms. The Hall–Kier alpha value is -3.80. The molecule has 4 aromatic rings. The number of benzene rings is 3. The topological polar surface area (TPSA) is 76.3 Å². The molecule has 0 unspecified atom stereocenters. The van der Waals surface area contributed by atoms with E-state index in [9.17, 15) is 9.59 Å². The summed E-state index contributed by atoms with van der Waals surface area (Å²) in [6.45, 7) is 2.40. The lowest BCUT2D eigenvalue weighted by atomic mass is 10.1. The Labute approximate surface area is 167 Å². The van der Waals surface area contributed by atoms with E-state index in [1.54, 1.807) is 30.5 Å². The zero-order valence-electron chi connectivity index (χ0n) is 16.0. The lowest BCUT2D eigenvalue weighted by Crippen LogP contribution is -2.29. The van der Waals surface area contributed by atoms with E-state index in [-0.39, 0.29) is 11.3 Å². The molecule has 0 radical (unpaired) electrons. The molecule has 0 aliphatic heterocycles. The smallest absolute Gasteiger partial charge is 0.267 e. The fourth-order valence-corrected chi connectivity index (χ4v) is 3.27. The van der Waals surface area contributed by atoms with Gasteiger partial charge in [-0.1, -0.05) is 61.5 Å². The van der Waals surface area contributed by atoms with E-state index in [0.29, 0.717) is 17.3 Å². The van der Waals surface area contributed by atoms with E-state index in [4.69, 9.17) is 0 Å². The Bertz CT molecular complexity index is 1290. The minimum Gasteiger partial charge on any atom is -0.267 e. The molecule has 0 aliphatic rings. The van der Waals surface area contributed by atoms with E-state index >= 15 is 0 Å². The van der Waals surface area contributed by atoms with Crippen LogP contribution in [-0.4, -0.2) is 21.9 Å². The number of aryl methyl sites for hydroxylation is 1. The normalized spacial score (nSPS) is 11.3. The Kier molecular flexibility index (Phi) is 5.16. The fraction of sp³-hybridized carbons (Fsp3) is 0.130. The fourth-order valence-electron chi connectivity index (χ4n) is 3.27. The van der Waals surface area contributed by atoms with Gasteiger partial charge in [0, 0.05) is 11.9 Å². The maximum Gasteiger partial charge on any atom is 0.292 e. The summed E-state index contributed by atoms with van der Waals surface area (Å²) in [6.07, 6.45) is 2.33. The molecule has 6 heteroatoms. The third-order valence-electron chi connectivity index (χ3n) is 4.67. The van der Waals surface area contributed by atoms with E-state index in [2.05, 4.69) is 15.6 Å². The molecule has 0 spiro atoms. The minimum atomic E-state index is -0.455. The van der Waals surface area contributed by atoms with Crippen molar-refractivity contribution in [2.45, 2.75) is 19.9 Å². The van der Waals surface area contributed by atoms with Gasteiger partial charge in [-0.05, 0) is 34.9 Å². The van der Waals surface area contributed by atoms with Crippen LogP contribution in [-0.2, 0) is 6.54 Å². The lowest BCUT2D eigenvalue weighted by Gasteiger charge is -2.09. The number of aromatic nitrogens is 2. The number of carbonyl (C=O) groups excluding carboxylic acids is 1. The lowest BCUT2D eigenvalue weighted by molar-refractivity contribution is 0.0949. The van der Waals surface area contributed by atoms with Gasteiger partial charge in [-0.25, -0.2) is 10.1 Å². The quantitative estimate of drug-likeness (QED) is 0.421. The molecule has 1 aromatic heterocycles. The monoisotopic (exact) mass is 384 g/mol. The third-order valence-corrected chi connectivity index (χ3v) is 4.67. The maximum atomic E-state index is 12.7. The van der Waals surface area contributed by atoms with E-state index in [0.717, 1.165) is 22.8 Å². The predicted molar refractivity (Wildman–Crippen MR) is 115 cm³/mol.